The van der Waals surface area contributed by atoms with Crippen LogP contribution in [0.2, 0.25) is 0 Å². The van der Waals surface area contributed by atoms with E-state index in [1.54, 1.807) is 18.2 Å². The normalized spacial score (nSPS) is 16.9. The monoisotopic (exact) mass is 470 g/mol. The molecule has 0 spiro atoms. The molecular formula is C21H21F3N2O3S2. The summed E-state index contributed by atoms with van der Waals surface area (Å²) >= 11 is 0.0670. The van der Waals surface area contributed by atoms with E-state index < -0.39 is 28.9 Å². The van der Waals surface area contributed by atoms with Crippen molar-refractivity contribution < 1.29 is 27.3 Å². The Labute approximate surface area is 186 Å². The van der Waals surface area contributed by atoms with Crippen molar-refractivity contribution >= 4 is 35.8 Å². The van der Waals surface area contributed by atoms with Gasteiger partial charge in [0.2, 0.25) is 0 Å². The average Bonchev–Trinajstić information content (AvgIpc) is 2.76. The van der Waals surface area contributed by atoms with Gasteiger partial charge < -0.3 is 14.6 Å². The first-order valence-electron chi connectivity index (χ1n) is 9.60. The molecule has 0 fully saturated rings. The van der Waals surface area contributed by atoms with Crippen LogP contribution in [0.15, 0.2) is 59.0 Å². The Kier molecular flexibility index (Phi) is 7.77. The van der Waals surface area contributed by atoms with E-state index in [4.69, 9.17) is 4.74 Å². The summed E-state index contributed by atoms with van der Waals surface area (Å²) in [6.07, 6.45) is 2.77. The minimum absolute atomic E-state index is 0.0648. The Bertz CT molecular complexity index is 955. The number of halogens is 3. The molecule has 0 radical (unpaired) electrons. The molecule has 1 aromatic heterocycles. The SMILES string of the molecule is CCCC1CC(O)=C(Cc2cccc(NSc3ccc(C(F)(F)SF)cn3)c2)C(=O)O1. The second-order valence-corrected chi connectivity index (χ2v) is 8.50. The van der Waals surface area contributed by atoms with Gasteiger partial charge in [0.25, 0.3) is 0 Å². The molecular weight excluding hydrogens is 449 g/mol. The number of aromatic nitrogens is 1. The first-order valence-corrected chi connectivity index (χ1v) is 11.1. The van der Waals surface area contributed by atoms with Crippen LogP contribution in [0.25, 0.3) is 0 Å². The van der Waals surface area contributed by atoms with Gasteiger partial charge in [0.05, 0.1) is 11.1 Å². The molecule has 0 aliphatic carbocycles. The van der Waals surface area contributed by atoms with Gasteiger partial charge in [-0.05, 0) is 36.2 Å². The van der Waals surface area contributed by atoms with Gasteiger partial charge in [-0.2, -0.15) is 12.7 Å². The largest absolute Gasteiger partial charge is 0.512 e. The molecule has 1 aromatic carbocycles. The fourth-order valence-electron chi connectivity index (χ4n) is 3.10. The molecule has 1 aliphatic rings. The molecule has 0 bridgehead atoms. The van der Waals surface area contributed by atoms with Crippen LogP contribution in [0.4, 0.5) is 18.4 Å². The zero-order chi connectivity index (χ0) is 22.4. The van der Waals surface area contributed by atoms with Crippen molar-refractivity contribution in [2.45, 2.75) is 49.0 Å². The summed E-state index contributed by atoms with van der Waals surface area (Å²) in [5, 5.41) is 7.08. The highest BCUT2D eigenvalue weighted by atomic mass is 32.2. The molecule has 1 atom stereocenters. The van der Waals surface area contributed by atoms with Crippen molar-refractivity contribution in [1.82, 2.24) is 4.98 Å². The van der Waals surface area contributed by atoms with Gasteiger partial charge in [-0.3, -0.25) is 0 Å². The third kappa shape index (κ3) is 6.10. The van der Waals surface area contributed by atoms with Crippen molar-refractivity contribution in [3.8, 4) is 0 Å². The lowest BCUT2D eigenvalue weighted by molar-refractivity contribution is -0.147. The van der Waals surface area contributed by atoms with Gasteiger partial charge in [-0.1, -0.05) is 25.5 Å². The van der Waals surface area contributed by atoms with E-state index in [1.807, 2.05) is 13.0 Å². The average molecular weight is 471 g/mol. The minimum Gasteiger partial charge on any atom is -0.512 e. The third-order valence-electron chi connectivity index (χ3n) is 4.65. The maximum atomic E-state index is 13.3. The molecule has 5 nitrogen and oxygen atoms in total. The Morgan fingerprint density at radius 2 is 2.13 bits per heavy atom. The molecule has 1 unspecified atom stereocenters. The molecule has 166 valence electrons. The number of aliphatic hydroxyl groups is 1. The molecule has 31 heavy (non-hydrogen) atoms. The van der Waals surface area contributed by atoms with Crippen LogP contribution in [0, 0.1) is 0 Å². The number of aliphatic hydroxyl groups excluding tert-OH is 1. The molecule has 0 amide bonds. The number of ether oxygens (including phenoxy) is 1. The van der Waals surface area contributed by atoms with E-state index in [0.29, 0.717) is 23.6 Å². The van der Waals surface area contributed by atoms with E-state index in [0.717, 1.165) is 36.2 Å². The van der Waals surface area contributed by atoms with Crippen molar-refractivity contribution in [1.29, 1.82) is 0 Å². The zero-order valence-electron chi connectivity index (χ0n) is 16.6. The Hall–Kier alpha value is -2.33. The molecule has 3 rings (SSSR count). The molecule has 1 aliphatic heterocycles. The highest BCUT2D eigenvalue weighted by molar-refractivity contribution is 8.00. The van der Waals surface area contributed by atoms with Crippen molar-refractivity contribution in [3.63, 3.8) is 0 Å². The minimum atomic E-state index is -3.63. The standard InChI is InChI=1S/C21H21F3N2O3S2/c1-2-4-16-11-18(27)17(20(28)29-16)10-13-5-3-6-15(9-13)26-30-19-8-7-14(12-25-19)21(22,23)31-24/h3,5-9,12,16,26-27H,2,4,10-11H2,1H3. The Morgan fingerprint density at radius 1 is 1.32 bits per heavy atom. The predicted octanol–water partition coefficient (Wildman–Crippen LogP) is 6.34. The molecule has 2 heterocycles. The maximum Gasteiger partial charge on any atom is 0.349 e. The lowest BCUT2D eigenvalue weighted by atomic mass is 9.98. The number of hydrogen-bond acceptors (Lipinski definition) is 7. The van der Waals surface area contributed by atoms with Crippen LogP contribution in [-0.4, -0.2) is 22.2 Å². The topological polar surface area (TPSA) is 71.5 Å². The number of carbonyl (C=O) groups is 1. The summed E-state index contributed by atoms with van der Waals surface area (Å²) < 4.78 is 47.3. The van der Waals surface area contributed by atoms with Crippen LogP contribution in [0.1, 0.15) is 37.3 Å². The quantitative estimate of drug-likeness (QED) is 0.327. The first kappa shape index (κ1) is 23.3. The van der Waals surface area contributed by atoms with Crippen LogP contribution in [0.5, 0.6) is 0 Å². The van der Waals surface area contributed by atoms with Crippen LogP contribution in [0.3, 0.4) is 0 Å². The summed E-state index contributed by atoms with van der Waals surface area (Å²) in [7, 11) is 0. The maximum absolute atomic E-state index is 13.3. The lowest BCUT2D eigenvalue weighted by Gasteiger charge is -2.24. The molecule has 0 saturated heterocycles. The molecule has 10 heteroatoms. The zero-order valence-corrected chi connectivity index (χ0v) is 18.2. The van der Waals surface area contributed by atoms with Crippen LogP contribution >= 0.6 is 24.1 Å². The van der Waals surface area contributed by atoms with Crippen molar-refractivity contribution in [2.24, 2.45) is 0 Å². The fourth-order valence-corrected chi connectivity index (χ4v) is 3.90. The first-order chi connectivity index (χ1) is 14.8. The molecule has 2 N–H and O–H groups in total. The van der Waals surface area contributed by atoms with Crippen LogP contribution < -0.4 is 4.72 Å². The van der Waals surface area contributed by atoms with Gasteiger partial charge in [-0.15, -0.1) is 0 Å². The van der Waals surface area contributed by atoms with Gasteiger partial charge >= 0.3 is 11.2 Å². The second-order valence-electron chi connectivity index (χ2n) is 7.01. The molecule has 2 aromatic rings. The number of nitrogens with zero attached hydrogens (tertiary/aromatic N) is 1. The highest BCUT2D eigenvalue weighted by Crippen LogP contribution is 2.40. The number of hydrogen-bond donors (Lipinski definition) is 2. The number of anilines is 1. The Morgan fingerprint density at radius 3 is 2.77 bits per heavy atom. The van der Waals surface area contributed by atoms with Crippen molar-refractivity contribution in [2.75, 3.05) is 4.72 Å². The fraction of sp³-hybridized carbons (Fsp3) is 0.333. The lowest BCUT2D eigenvalue weighted by Crippen LogP contribution is -2.27. The summed E-state index contributed by atoms with van der Waals surface area (Å²) in [6, 6.07) is 9.71. The number of nitrogens with one attached hydrogen (secondary N) is 1. The smallest absolute Gasteiger partial charge is 0.349 e. The van der Waals surface area contributed by atoms with Gasteiger partial charge in [0.1, 0.15) is 29.0 Å². The van der Waals surface area contributed by atoms with E-state index in [1.165, 1.54) is 6.07 Å². The van der Waals surface area contributed by atoms with E-state index >= 15 is 0 Å². The highest BCUT2D eigenvalue weighted by Gasteiger charge is 2.34. The van der Waals surface area contributed by atoms with Gasteiger partial charge in [0, 0.05) is 36.7 Å². The van der Waals surface area contributed by atoms with E-state index in [9.17, 15) is 22.6 Å². The number of benzene rings is 1. The van der Waals surface area contributed by atoms with Gasteiger partial charge in [-0.25, -0.2) is 9.78 Å². The number of carbonyl (C=O) groups excluding carboxylic acids is 1. The summed E-state index contributed by atoms with van der Waals surface area (Å²) in [4.78, 5) is 16.2. The number of alkyl halides is 2. The summed E-state index contributed by atoms with van der Waals surface area (Å²) in [6.45, 7) is 1.99. The Balaban J connectivity index is 1.63. The predicted molar refractivity (Wildman–Crippen MR) is 116 cm³/mol. The summed E-state index contributed by atoms with van der Waals surface area (Å²) in [5.41, 5.74) is 1.23. The third-order valence-corrected chi connectivity index (χ3v) is 5.87. The van der Waals surface area contributed by atoms with E-state index in [2.05, 4.69) is 9.71 Å². The summed E-state index contributed by atoms with van der Waals surface area (Å²) in [5.74, 6) is -0.433. The number of pyridine rings is 1. The van der Waals surface area contributed by atoms with E-state index in [-0.39, 0.29) is 23.9 Å². The number of esters is 1. The van der Waals surface area contributed by atoms with Gasteiger partial charge in [0.15, 0.2) is 0 Å². The second kappa shape index (κ2) is 10.3. The number of cyclic esters (lactones) is 1. The van der Waals surface area contributed by atoms with Crippen molar-refractivity contribution in [3.05, 3.63) is 65.1 Å². The molecule has 0 saturated carbocycles. The number of rotatable bonds is 9. The van der Waals surface area contributed by atoms with Crippen LogP contribution in [-0.2, 0) is 21.2 Å².